The van der Waals surface area contributed by atoms with Crippen molar-refractivity contribution in [1.82, 2.24) is 10.6 Å². The third kappa shape index (κ3) is 3.70. The highest BCUT2D eigenvalue weighted by Gasteiger charge is 2.44. The van der Waals surface area contributed by atoms with Crippen molar-refractivity contribution in [3.05, 3.63) is 65.2 Å². The van der Waals surface area contributed by atoms with Gasteiger partial charge in [0.2, 0.25) is 0 Å². The fraction of sp³-hybridized carbons (Fsp3) is 0.520. The van der Waals surface area contributed by atoms with Crippen molar-refractivity contribution in [2.75, 3.05) is 20.2 Å². The van der Waals surface area contributed by atoms with E-state index in [-0.39, 0.29) is 5.54 Å². The van der Waals surface area contributed by atoms with Gasteiger partial charge in [-0.2, -0.15) is 0 Å². The SMILES string of the molecule is COc1ccc(C(C)C)cc1[C@@H]1CC[C@]2(CCCNC2c2ccccc2)NC1. The van der Waals surface area contributed by atoms with E-state index in [0.29, 0.717) is 17.9 Å². The van der Waals surface area contributed by atoms with Gasteiger partial charge in [-0.1, -0.05) is 56.3 Å². The number of hydrogen-bond acceptors (Lipinski definition) is 3. The van der Waals surface area contributed by atoms with Crippen LogP contribution in [0.5, 0.6) is 5.75 Å². The van der Waals surface area contributed by atoms with E-state index in [0.717, 1.165) is 18.8 Å². The summed E-state index contributed by atoms with van der Waals surface area (Å²) in [5.41, 5.74) is 4.35. The molecule has 1 unspecified atom stereocenters. The zero-order valence-corrected chi connectivity index (χ0v) is 17.5. The summed E-state index contributed by atoms with van der Waals surface area (Å²) in [5, 5.41) is 7.82. The normalized spacial score (nSPS) is 27.9. The first-order chi connectivity index (χ1) is 13.6. The van der Waals surface area contributed by atoms with Gasteiger partial charge in [0.1, 0.15) is 5.75 Å². The maximum Gasteiger partial charge on any atom is 0.122 e. The van der Waals surface area contributed by atoms with Crippen LogP contribution in [0.25, 0.3) is 0 Å². The summed E-state index contributed by atoms with van der Waals surface area (Å²) >= 11 is 0. The number of hydrogen-bond donors (Lipinski definition) is 2. The van der Waals surface area contributed by atoms with E-state index in [1.165, 1.54) is 42.4 Å². The van der Waals surface area contributed by atoms with E-state index >= 15 is 0 Å². The predicted octanol–water partition coefficient (Wildman–Crippen LogP) is 5.15. The molecule has 1 spiro atoms. The number of rotatable bonds is 4. The molecule has 2 aromatic carbocycles. The standard InChI is InChI=1S/C25H34N2O/c1-18(2)20-10-11-23(28-3)22(16-20)21-12-14-25(27-17-21)13-7-15-26-24(25)19-8-5-4-6-9-19/h4-6,8-11,16,18,21,24,26-27H,7,12-15,17H2,1-3H3/t21-,24?,25+/m1/s1. The number of nitrogens with one attached hydrogen (secondary N) is 2. The molecule has 3 heteroatoms. The Bertz CT molecular complexity index is 778. The second-order valence-electron chi connectivity index (χ2n) is 8.83. The lowest BCUT2D eigenvalue weighted by atomic mass is 9.71. The summed E-state index contributed by atoms with van der Waals surface area (Å²) in [4.78, 5) is 0. The van der Waals surface area contributed by atoms with Crippen LogP contribution in [0, 0.1) is 0 Å². The molecule has 2 aliphatic rings. The zero-order chi connectivity index (χ0) is 19.6. The topological polar surface area (TPSA) is 33.3 Å². The molecule has 2 N–H and O–H groups in total. The Balaban J connectivity index is 1.56. The summed E-state index contributed by atoms with van der Waals surface area (Å²) in [6.07, 6.45) is 4.89. The Morgan fingerprint density at radius 3 is 2.57 bits per heavy atom. The van der Waals surface area contributed by atoms with Crippen molar-refractivity contribution in [3.63, 3.8) is 0 Å². The summed E-state index contributed by atoms with van der Waals surface area (Å²) in [6, 6.07) is 18.1. The minimum atomic E-state index is 0.166. The molecule has 0 aromatic heterocycles. The Morgan fingerprint density at radius 1 is 1.07 bits per heavy atom. The molecule has 0 saturated carbocycles. The van der Waals surface area contributed by atoms with Crippen LogP contribution in [0.1, 0.15) is 74.1 Å². The third-order valence-electron chi connectivity index (χ3n) is 6.83. The lowest BCUT2D eigenvalue weighted by Crippen LogP contribution is -2.60. The summed E-state index contributed by atoms with van der Waals surface area (Å²) in [5.74, 6) is 2.09. The summed E-state index contributed by atoms with van der Waals surface area (Å²) in [6.45, 7) is 6.65. The monoisotopic (exact) mass is 378 g/mol. The summed E-state index contributed by atoms with van der Waals surface area (Å²) in [7, 11) is 1.79. The minimum Gasteiger partial charge on any atom is -0.496 e. The molecule has 0 radical (unpaired) electrons. The predicted molar refractivity (Wildman–Crippen MR) is 116 cm³/mol. The largest absolute Gasteiger partial charge is 0.496 e. The quantitative estimate of drug-likeness (QED) is 0.772. The molecule has 2 aromatic rings. The molecule has 3 nitrogen and oxygen atoms in total. The highest BCUT2D eigenvalue weighted by molar-refractivity contribution is 5.41. The number of piperidine rings is 2. The van der Waals surface area contributed by atoms with Gasteiger partial charge in [-0.05, 0) is 60.9 Å². The van der Waals surface area contributed by atoms with Crippen molar-refractivity contribution in [2.24, 2.45) is 0 Å². The fourth-order valence-electron chi connectivity index (χ4n) is 5.18. The van der Waals surface area contributed by atoms with Gasteiger partial charge in [0.25, 0.3) is 0 Å². The molecule has 3 atom stereocenters. The molecule has 150 valence electrons. The Labute approximate surface area is 169 Å². The van der Waals surface area contributed by atoms with Crippen molar-refractivity contribution in [1.29, 1.82) is 0 Å². The molecule has 28 heavy (non-hydrogen) atoms. The Morgan fingerprint density at radius 2 is 1.89 bits per heavy atom. The van der Waals surface area contributed by atoms with Crippen LogP contribution >= 0.6 is 0 Å². The van der Waals surface area contributed by atoms with Gasteiger partial charge in [0.15, 0.2) is 0 Å². The van der Waals surface area contributed by atoms with E-state index in [1.807, 2.05) is 0 Å². The second-order valence-corrected chi connectivity index (χ2v) is 8.83. The molecule has 2 fully saturated rings. The van der Waals surface area contributed by atoms with Crippen LogP contribution in [0.3, 0.4) is 0 Å². The zero-order valence-electron chi connectivity index (χ0n) is 17.5. The maximum atomic E-state index is 5.72. The van der Waals surface area contributed by atoms with Gasteiger partial charge in [0, 0.05) is 18.0 Å². The molecule has 2 saturated heterocycles. The first-order valence-electron chi connectivity index (χ1n) is 10.8. The molecular weight excluding hydrogens is 344 g/mol. The van der Waals surface area contributed by atoms with Crippen molar-refractivity contribution in [2.45, 2.75) is 62.9 Å². The Kier molecular flexibility index (Phi) is 5.75. The van der Waals surface area contributed by atoms with Crippen molar-refractivity contribution in [3.8, 4) is 5.75 Å². The molecular formula is C25H34N2O. The van der Waals surface area contributed by atoms with Gasteiger partial charge in [-0.25, -0.2) is 0 Å². The molecule has 0 aliphatic carbocycles. The van der Waals surface area contributed by atoms with Crippen LogP contribution in [0.2, 0.25) is 0 Å². The van der Waals surface area contributed by atoms with Crippen LogP contribution in [-0.2, 0) is 0 Å². The molecule has 0 amide bonds. The van der Waals surface area contributed by atoms with E-state index in [1.54, 1.807) is 7.11 Å². The van der Waals surface area contributed by atoms with Gasteiger partial charge in [-0.3, -0.25) is 0 Å². The average molecular weight is 379 g/mol. The molecule has 0 bridgehead atoms. The van der Waals surface area contributed by atoms with Gasteiger partial charge >= 0.3 is 0 Å². The number of benzene rings is 2. The van der Waals surface area contributed by atoms with Crippen molar-refractivity contribution >= 4 is 0 Å². The number of methoxy groups -OCH3 is 1. The first-order valence-corrected chi connectivity index (χ1v) is 10.8. The molecule has 2 aliphatic heterocycles. The van der Waals surface area contributed by atoms with Crippen LogP contribution in [0.15, 0.2) is 48.5 Å². The van der Waals surface area contributed by atoms with Crippen LogP contribution in [0.4, 0.5) is 0 Å². The highest BCUT2D eigenvalue weighted by Crippen LogP contribution is 2.43. The maximum absolute atomic E-state index is 5.72. The average Bonchev–Trinajstić information content (AvgIpc) is 2.75. The third-order valence-corrected chi connectivity index (χ3v) is 6.83. The smallest absolute Gasteiger partial charge is 0.122 e. The lowest BCUT2D eigenvalue weighted by molar-refractivity contribution is 0.131. The Hall–Kier alpha value is -1.84. The highest BCUT2D eigenvalue weighted by atomic mass is 16.5. The van der Waals surface area contributed by atoms with E-state index in [2.05, 4.69) is 73.0 Å². The summed E-state index contributed by atoms with van der Waals surface area (Å²) < 4.78 is 5.72. The minimum absolute atomic E-state index is 0.166. The second kappa shape index (κ2) is 8.26. The van der Waals surface area contributed by atoms with E-state index in [9.17, 15) is 0 Å². The number of ether oxygens (including phenoxy) is 1. The van der Waals surface area contributed by atoms with Crippen molar-refractivity contribution < 1.29 is 4.74 Å². The lowest BCUT2D eigenvalue weighted by Gasteiger charge is -2.50. The van der Waals surface area contributed by atoms with Crippen LogP contribution in [-0.4, -0.2) is 25.7 Å². The van der Waals surface area contributed by atoms with E-state index < -0.39 is 0 Å². The van der Waals surface area contributed by atoms with Gasteiger partial charge in [0.05, 0.1) is 13.2 Å². The first kappa shape index (κ1) is 19.5. The fourth-order valence-corrected chi connectivity index (χ4v) is 5.18. The van der Waals surface area contributed by atoms with Crippen LogP contribution < -0.4 is 15.4 Å². The van der Waals surface area contributed by atoms with Gasteiger partial charge in [-0.15, -0.1) is 0 Å². The molecule has 2 heterocycles. The van der Waals surface area contributed by atoms with Gasteiger partial charge < -0.3 is 15.4 Å². The molecule has 4 rings (SSSR count). The van der Waals surface area contributed by atoms with E-state index in [4.69, 9.17) is 4.74 Å².